The first-order valence-corrected chi connectivity index (χ1v) is 5.18. The lowest BCUT2D eigenvalue weighted by molar-refractivity contribution is -0.146. The Labute approximate surface area is 93.4 Å². The number of nitrogens with one attached hydrogen (secondary N) is 1. The molecule has 4 heteroatoms. The molecule has 0 aromatic heterocycles. The zero-order valence-corrected chi connectivity index (χ0v) is 9.12. The van der Waals surface area contributed by atoms with Crippen LogP contribution >= 0.6 is 11.6 Å². The van der Waals surface area contributed by atoms with Crippen molar-refractivity contribution in [2.75, 3.05) is 7.11 Å². The van der Waals surface area contributed by atoms with Crippen LogP contribution in [0.25, 0.3) is 0 Å². The van der Waals surface area contributed by atoms with Gasteiger partial charge in [0.25, 0.3) is 0 Å². The molecule has 1 aromatic carbocycles. The van der Waals surface area contributed by atoms with Crippen molar-refractivity contribution in [1.29, 1.82) is 0 Å². The third kappa shape index (κ3) is 2.13. The lowest BCUT2D eigenvalue weighted by atomic mass is 9.91. The van der Waals surface area contributed by atoms with Gasteiger partial charge in [-0.3, -0.25) is 10.1 Å². The van der Waals surface area contributed by atoms with Crippen LogP contribution in [0.2, 0.25) is 5.02 Å². The van der Waals surface area contributed by atoms with E-state index in [1.165, 1.54) is 7.11 Å². The Balaban J connectivity index is 1.94. The summed E-state index contributed by atoms with van der Waals surface area (Å²) >= 11 is 5.78. The van der Waals surface area contributed by atoms with Crippen LogP contribution in [0, 0.1) is 0 Å². The van der Waals surface area contributed by atoms with Crippen LogP contribution in [-0.4, -0.2) is 19.1 Å². The summed E-state index contributed by atoms with van der Waals surface area (Å²) in [6, 6.07) is 7.72. The molecule has 2 rings (SSSR count). The number of carbonyl (C=O) groups excluding carboxylic acids is 1. The SMILES string of the molecule is COC(=O)C1CC(c2ccc(Cl)cc2)N1. The van der Waals surface area contributed by atoms with Crippen LogP contribution in [0.15, 0.2) is 24.3 Å². The van der Waals surface area contributed by atoms with E-state index in [-0.39, 0.29) is 18.1 Å². The molecule has 0 aliphatic carbocycles. The van der Waals surface area contributed by atoms with E-state index in [1.807, 2.05) is 24.3 Å². The van der Waals surface area contributed by atoms with Gasteiger partial charge in [-0.1, -0.05) is 23.7 Å². The Hall–Kier alpha value is -1.06. The molecule has 1 aliphatic heterocycles. The maximum Gasteiger partial charge on any atom is 0.322 e. The van der Waals surface area contributed by atoms with E-state index >= 15 is 0 Å². The molecular weight excluding hydrogens is 214 g/mol. The predicted molar refractivity (Wildman–Crippen MR) is 57.7 cm³/mol. The maximum atomic E-state index is 11.1. The number of hydrogen-bond acceptors (Lipinski definition) is 3. The fourth-order valence-electron chi connectivity index (χ4n) is 1.69. The highest BCUT2D eigenvalue weighted by molar-refractivity contribution is 6.30. The van der Waals surface area contributed by atoms with Gasteiger partial charge in [0.15, 0.2) is 0 Å². The fraction of sp³-hybridized carbons (Fsp3) is 0.364. The van der Waals surface area contributed by atoms with Crippen molar-refractivity contribution in [2.45, 2.75) is 18.5 Å². The summed E-state index contributed by atoms with van der Waals surface area (Å²) in [5, 5.41) is 3.87. The van der Waals surface area contributed by atoms with Gasteiger partial charge in [-0.25, -0.2) is 0 Å². The van der Waals surface area contributed by atoms with Crippen LogP contribution in [0.4, 0.5) is 0 Å². The molecule has 0 saturated carbocycles. The molecule has 0 radical (unpaired) electrons. The minimum absolute atomic E-state index is 0.157. The number of carbonyl (C=O) groups is 1. The zero-order chi connectivity index (χ0) is 10.8. The van der Waals surface area contributed by atoms with E-state index in [0.29, 0.717) is 0 Å². The Morgan fingerprint density at radius 2 is 2.07 bits per heavy atom. The third-order valence-electron chi connectivity index (χ3n) is 2.63. The summed E-state index contributed by atoms with van der Waals surface area (Å²) in [6.07, 6.45) is 0.786. The largest absolute Gasteiger partial charge is 0.468 e. The Morgan fingerprint density at radius 1 is 1.47 bits per heavy atom. The smallest absolute Gasteiger partial charge is 0.322 e. The number of hydrogen-bond donors (Lipinski definition) is 1. The summed E-state index contributed by atoms with van der Waals surface area (Å²) in [6.45, 7) is 0. The van der Waals surface area contributed by atoms with Crippen molar-refractivity contribution < 1.29 is 9.53 Å². The predicted octanol–water partition coefficient (Wildman–Crippen LogP) is 1.92. The van der Waals surface area contributed by atoms with E-state index in [4.69, 9.17) is 11.6 Å². The second-order valence-electron chi connectivity index (χ2n) is 3.58. The standard InChI is InChI=1S/C11H12ClNO2/c1-15-11(14)10-6-9(13-10)7-2-4-8(12)5-3-7/h2-5,9-10,13H,6H2,1H3. The van der Waals surface area contributed by atoms with Crippen molar-refractivity contribution in [2.24, 2.45) is 0 Å². The number of methoxy groups -OCH3 is 1. The molecule has 1 fully saturated rings. The second kappa shape index (κ2) is 4.21. The van der Waals surface area contributed by atoms with Gasteiger partial charge in [-0.2, -0.15) is 0 Å². The molecule has 15 heavy (non-hydrogen) atoms. The van der Waals surface area contributed by atoms with E-state index in [9.17, 15) is 4.79 Å². The van der Waals surface area contributed by atoms with E-state index in [2.05, 4.69) is 10.1 Å². The fourth-order valence-corrected chi connectivity index (χ4v) is 1.81. The Bertz CT molecular complexity index is 357. The summed E-state index contributed by atoms with van der Waals surface area (Å²) < 4.78 is 4.63. The van der Waals surface area contributed by atoms with E-state index < -0.39 is 0 Å². The third-order valence-corrected chi connectivity index (χ3v) is 2.88. The summed E-state index contributed by atoms with van der Waals surface area (Å²) in [5.74, 6) is -0.194. The minimum Gasteiger partial charge on any atom is -0.468 e. The van der Waals surface area contributed by atoms with Gasteiger partial charge in [0.2, 0.25) is 0 Å². The van der Waals surface area contributed by atoms with Gasteiger partial charge in [0.1, 0.15) is 6.04 Å². The summed E-state index contributed by atoms with van der Waals surface area (Å²) in [5.41, 5.74) is 1.15. The highest BCUT2D eigenvalue weighted by Crippen LogP contribution is 2.28. The van der Waals surface area contributed by atoms with E-state index in [1.54, 1.807) is 0 Å². The lowest BCUT2D eigenvalue weighted by Crippen LogP contribution is -2.51. The van der Waals surface area contributed by atoms with Crippen molar-refractivity contribution in [1.82, 2.24) is 5.32 Å². The number of esters is 1. The van der Waals surface area contributed by atoms with Crippen LogP contribution in [0.1, 0.15) is 18.0 Å². The molecule has 0 amide bonds. The Morgan fingerprint density at radius 3 is 2.60 bits per heavy atom. The van der Waals surface area contributed by atoms with Gasteiger partial charge in [0.05, 0.1) is 7.11 Å². The molecule has 1 aliphatic rings. The maximum absolute atomic E-state index is 11.1. The first-order valence-electron chi connectivity index (χ1n) is 4.80. The van der Waals surface area contributed by atoms with Crippen molar-refractivity contribution in [3.05, 3.63) is 34.9 Å². The average molecular weight is 226 g/mol. The topological polar surface area (TPSA) is 38.3 Å². The van der Waals surface area contributed by atoms with Crippen LogP contribution in [0.3, 0.4) is 0 Å². The van der Waals surface area contributed by atoms with E-state index in [0.717, 1.165) is 17.0 Å². The number of ether oxygens (including phenoxy) is 1. The number of halogens is 1. The van der Waals surface area contributed by atoms with Crippen LogP contribution < -0.4 is 5.32 Å². The normalized spacial score (nSPS) is 24.4. The molecule has 2 unspecified atom stereocenters. The lowest BCUT2D eigenvalue weighted by Gasteiger charge is -2.35. The quantitative estimate of drug-likeness (QED) is 0.782. The number of rotatable bonds is 2. The highest BCUT2D eigenvalue weighted by atomic mass is 35.5. The monoisotopic (exact) mass is 225 g/mol. The summed E-state index contributed by atoms with van der Waals surface area (Å²) in [4.78, 5) is 11.1. The molecule has 1 heterocycles. The molecule has 0 spiro atoms. The molecule has 2 atom stereocenters. The van der Waals surface area contributed by atoms with Gasteiger partial charge in [-0.05, 0) is 24.1 Å². The minimum atomic E-state index is -0.194. The first-order chi connectivity index (χ1) is 7.20. The van der Waals surface area contributed by atoms with Gasteiger partial charge < -0.3 is 4.74 Å². The Kier molecular flexibility index (Phi) is 2.93. The summed E-state index contributed by atoms with van der Waals surface area (Å²) in [7, 11) is 1.40. The zero-order valence-electron chi connectivity index (χ0n) is 8.37. The molecular formula is C11H12ClNO2. The van der Waals surface area contributed by atoms with Crippen LogP contribution in [0.5, 0.6) is 0 Å². The second-order valence-corrected chi connectivity index (χ2v) is 4.02. The molecule has 1 saturated heterocycles. The van der Waals surface area contributed by atoms with Crippen molar-refractivity contribution >= 4 is 17.6 Å². The first kappa shape index (κ1) is 10.5. The van der Waals surface area contributed by atoms with Gasteiger partial charge in [0, 0.05) is 11.1 Å². The van der Waals surface area contributed by atoms with Crippen molar-refractivity contribution in [3.8, 4) is 0 Å². The highest BCUT2D eigenvalue weighted by Gasteiger charge is 2.35. The van der Waals surface area contributed by atoms with Gasteiger partial charge in [-0.15, -0.1) is 0 Å². The molecule has 0 bridgehead atoms. The van der Waals surface area contributed by atoms with Gasteiger partial charge >= 0.3 is 5.97 Å². The van der Waals surface area contributed by atoms with Crippen LogP contribution in [-0.2, 0) is 9.53 Å². The molecule has 3 nitrogen and oxygen atoms in total. The average Bonchev–Trinajstić information content (AvgIpc) is 2.18. The van der Waals surface area contributed by atoms with Crippen molar-refractivity contribution in [3.63, 3.8) is 0 Å². The molecule has 1 N–H and O–H groups in total. The number of benzene rings is 1. The molecule has 80 valence electrons. The molecule has 1 aromatic rings.